The Morgan fingerprint density at radius 3 is 2.29 bits per heavy atom. The standard InChI is InChI=1S/C33H48O2/c1-3-5-7-10-25-14-18-27(19-15-25)28-20-23-31-29(24-28)12-9-13-32(31)33(34)35-30-21-16-26(17-22-30)11-8-6-4-2/h3-6,16-17,21-22,25,27-29,31-32H,7-15,18-20,23-24H2,1-2H3/b5-3+,6-4+. The molecule has 0 aliphatic heterocycles. The van der Waals surface area contributed by atoms with Crippen molar-refractivity contribution in [2.45, 2.75) is 104 Å². The van der Waals surface area contributed by atoms with Crippen molar-refractivity contribution in [3.8, 4) is 5.75 Å². The van der Waals surface area contributed by atoms with Crippen molar-refractivity contribution < 1.29 is 9.53 Å². The van der Waals surface area contributed by atoms with Crippen LogP contribution in [0.5, 0.6) is 5.75 Å². The maximum absolute atomic E-state index is 13.2. The predicted molar refractivity (Wildman–Crippen MR) is 146 cm³/mol. The van der Waals surface area contributed by atoms with Crippen molar-refractivity contribution >= 4 is 5.97 Å². The van der Waals surface area contributed by atoms with Gasteiger partial charge in [-0.3, -0.25) is 4.79 Å². The number of fused-ring (bicyclic) bond motifs is 1. The van der Waals surface area contributed by atoms with E-state index >= 15 is 0 Å². The van der Waals surface area contributed by atoms with Gasteiger partial charge in [-0.2, -0.15) is 0 Å². The minimum Gasteiger partial charge on any atom is -0.426 e. The Labute approximate surface area is 214 Å². The molecule has 3 fully saturated rings. The van der Waals surface area contributed by atoms with E-state index in [0.29, 0.717) is 11.7 Å². The summed E-state index contributed by atoms with van der Waals surface area (Å²) in [7, 11) is 0. The summed E-state index contributed by atoms with van der Waals surface area (Å²) < 4.78 is 5.92. The van der Waals surface area contributed by atoms with Crippen LogP contribution in [-0.4, -0.2) is 5.97 Å². The molecule has 4 atom stereocenters. The maximum atomic E-state index is 13.2. The summed E-state index contributed by atoms with van der Waals surface area (Å²) in [6.07, 6.45) is 26.8. The number of esters is 1. The minimum absolute atomic E-state index is 0.0291. The van der Waals surface area contributed by atoms with Gasteiger partial charge in [-0.15, -0.1) is 0 Å². The molecule has 3 aliphatic rings. The molecule has 3 aliphatic carbocycles. The van der Waals surface area contributed by atoms with Crippen molar-refractivity contribution in [2.75, 3.05) is 0 Å². The average Bonchev–Trinajstić information content (AvgIpc) is 2.89. The highest BCUT2D eigenvalue weighted by Gasteiger charge is 2.43. The van der Waals surface area contributed by atoms with Crippen LogP contribution in [-0.2, 0) is 11.2 Å². The fourth-order valence-corrected chi connectivity index (χ4v) is 7.50. The average molecular weight is 477 g/mol. The summed E-state index contributed by atoms with van der Waals surface area (Å²) in [4.78, 5) is 13.2. The molecule has 0 aromatic heterocycles. The molecule has 0 bridgehead atoms. The second-order valence-electron chi connectivity index (χ2n) is 11.6. The van der Waals surface area contributed by atoms with Crippen LogP contribution >= 0.6 is 0 Å². The predicted octanol–water partition coefficient (Wildman–Crippen LogP) is 9.10. The first-order valence-electron chi connectivity index (χ1n) is 14.7. The van der Waals surface area contributed by atoms with Gasteiger partial charge in [0.25, 0.3) is 0 Å². The normalized spacial score (nSPS) is 31.5. The second-order valence-corrected chi connectivity index (χ2v) is 11.6. The molecule has 0 radical (unpaired) electrons. The molecule has 0 N–H and O–H groups in total. The smallest absolute Gasteiger partial charge is 0.314 e. The summed E-state index contributed by atoms with van der Waals surface area (Å²) in [5.41, 5.74) is 1.30. The summed E-state index contributed by atoms with van der Waals surface area (Å²) in [6.45, 7) is 4.19. The van der Waals surface area contributed by atoms with Crippen molar-refractivity contribution in [1.82, 2.24) is 0 Å². The first kappa shape index (κ1) is 26.2. The molecule has 1 aromatic rings. The zero-order chi connectivity index (χ0) is 24.5. The lowest BCUT2D eigenvalue weighted by Gasteiger charge is -2.46. The van der Waals surface area contributed by atoms with Crippen LogP contribution in [0.3, 0.4) is 0 Å². The van der Waals surface area contributed by atoms with E-state index in [1.54, 1.807) is 0 Å². The number of allylic oxidation sites excluding steroid dienone is 4. The highest BCUT2D eigenvalue weighted by atomic mass is 16.5. The number of hydrogen-bond donors (Lipinski definition) is 0. The van der Waals surface area contributed by atoms with Gasteiger partial charge >= 0.3 is 5.97 Å². The van der Waals surface area contributed by atoms with Gasteiger partial charge in [-0.05, 0) is 125 Å². The van der Waals surface area contributed by atoms with Crippen molar-refractivity contribution in [2.24, 2.45) is 35.5 Å². The topological polar surface area (TPSA) is 26.3 Å². The molecule has 0 heterocycles. The van der Waals surface area contributed by atoms with Gasteiger partial charge in [-0.25, -0.2) is 0 Å². The zero-order valence-electron chi connectivity index (χ0n) is 22.3. The van der Waals surface area contributed by atoms with Crippen molar-refractivity contribution in [3.63, 3.8) is 0 Å². The Morgan fingerprint density at radius 2 is 1.54 bits per heavy atom. The molecule has 192 valence electrons. The summed E-state index contributed by atoms with van der Waals surface area (Å²) >= 11 is 0. The minimum atomic E-state index is 0.0291. The molecular formula is C33H48O2. The van der Waals surface area contributed by atoms with Crippen LogP contribution in [0.4, 0.5) is 0 Å². The van der Waals surface area contributed by atoms with Crippen molar-refractivity contribution in [3.05, 3.63) is 54.1 Å². The highest BCUT2D eigenvalue weighted by Crippen LogP contribution is 2.50. The van der Waals surface area contributed by atoms with Crippen LogP contribution in [0.25, 0.3) is 0 Å². The number of benzene rings is 1. The monoisotopic (exact) mass is 476 g/mol. The zero-order valence-corrected chi connectivity index (χ0v) is 22.3. The van der Waals surface area contributed by atoms with E-state index in [1.807, 2.05) is 12.1 Å². The molecule has 0 spiro atoms. The number of aryl methyl sites for hydroxylation is 1. The van der Waals surface area contributed by atoms with Crippen LogP contribution in [0.15, 0.2) is 48.6 Å². The Morgan fingerprint density at radius 1 is 0.829 bits per heavy atom. The first-order valence-corrected chi connectivity index (χ1v) is 14.7. The SMILES string of the molecule is C/C=C/CCc1ccc(OC(=O)C2CCCC3CC(C4CCC(CC/C=C/C)CC4)CCC32)cc1. The van der Waals surface area contributed by atoms with Crippen LogP contribution in [0.2, 0.25) is 0 Å². The number of hydrogen-bond acceptors (Lipinski definition) is 2. The summed E-state index contributed by atoms with van der Waals surface area (Å²) in [5.74, 6) is 4.92. The van der Waals surface area contributed by atoms with Crippen LogP contribution < -0.4 is 4.74 Å². The quantitative estimate of drug-likeness (QED) is 0.202. The Kier molecular flexibility index (Phi) is 10.1. The molecule has 35 heavy (non-hydrogen) atoms. The molecule has 4 unspecified atom stereocenters. The van der Waals surface area contributed by atoms with E-state index in [0.717, 1.165) is 42.9 Å². The third-order valence-electron chi connectivity index (χ3n) is 9.50. The number of carbonyl (C=O) groups excluding carboxylic acids is 1. The van der Waals surface area contributed by atoms with Crippen LogP contribution in [0.1, 0.15) is 103 Å². The Balaban J connectivity index is 1.25. The van der Waals surface area contributed by atoms with Gasteiger partial charge in [0.1, 0.15) is 5.75 Å². The lowest BCUT2D eigenvalue weighted by molar-refractivity contribution is -0.144. The summed E-state index contributed by atoms with van der Waals surface area (Å²) in [6, 6.07) is 8.18. The number of rotatable bonds is 9. The van der Waals surface area contributed by atoms with Crippen LogP contribution in [0, 0.1) is 35.5 Å². The largest absolute Gasteiger partial charge is 0.426 e. The maximum Gasteiger partial charge on any atom is 0.314 e. The van der Waals surface area contributed by atoms with Gasteiger partial charge in [0.05, 0.1) is 5.92 Å². The lowest BCUT2D eigenvalue weighted by atomic mass is 9.59. The highest BCUT2D eigenvalue weighted by molar-refractivity contribution is 5.75. The molecule has 3 saturated carbocycles. The lowest BCUT2D eigenvalue weighted by Crippen LogP contribution is -2.40. The molecule has 0 amide bonds. The van der Waals surface area contributed by atoms with Gasteiger partial charge < -0.3 is 4.74 Å². The van der Waals surface area contributed by atoms with E-state index in [9.17, 15) is 4.79 Å². The van der Waals surface area contributed by atoms with E-state index < -0.39 is 0 Å². The fraction of sp³-hybridized carbons (Fsp3) is 0.667. The third-order valence-corrected chi connectivity index (χ3v) is 9.50. The fourth-order valence-electron chi connectivity index (χ4n) is 7.50. The van der Waals surface area contributed by atoms with E-state index in [-0.39, 0.29) is 11.9 Å². The van der Waals surface area contributed by atoms with E-state index in [4.69, 9.17) is 4.74 Å². The summed E-state index contributed by atoms with van der Waals surface area (Å²) in [5, 5.41) is 0. The van der Waals surface area contributed by atoms with E-state index in [2.05, 4.69) is 50.3 Å². The molecule has 2 heteroatoms. The van der Waals surface area contributed by atoms with Gasteiger partial charge in [-0.1, -0.05) is 62.1 Å². The van der Waals surface area contributed by atoms with Crippen molar-refractivity contribution in [1.29, 1.82) is 0 Å². The number of ether oxygens (including phenoxy) is 1. The second kappa shape index (κ2) is 13.5. The first-order chi connectivity index (χ1) is 17.2. The molecular weight excluding hydrogens is 428 g/mol. The van der Waals surface area contributed by atoms with E-state index in [1.165, 1.54) is 76.2 Å². The Bertz CT molecular complexity index is 827. The van der Waals surface area contributed by atoms with Gasteiger partial charge in [0.15, 0.2) is 0 Å². The Hall–Kier alpha value is -1.83. The molecule has 0 saturated heterocycles. The molecule has 2 nitrogen and oxygen atoms in total. The van der Waals surface area contributed by atoms with Gasteiger partial charge in [0.2, 0.25) is 0 Å². The molecule has 4 rings (SSSR count). The molecule has 1 aromatic carbocycles. The third kappa shape index (κ3) is 7.34. The van der Waals surface area contributed by atoms with Gasteiger partial charge in [0, 0.05) is 0 Å². The number of carbonyl (C=O) groups is 1.